The molecule has 0 aliphatic heterocycles. The van der Waals surface area contributed by atoms with Crippen molar-refractivity contribution < 1.29 is 14.3 Å². The number of nitrogens with two attached hydrogens (primary N) is 1. The Morgan fingerprint density at radius 3 is 2.65 bits per heavy atom. The van der Waals surface area contributed by atoms with Crippen LogP contribution in [0.3, 0.4) is 0 Å². The van der Waals surface area contributed by atoms with Crippen molar-refractivity contribution in [1.82, 2.24) is 4.90 Å². The van der Waals surface area contributed by atoms with E-state index in [1.54, 1.807) is 37.3 Å². The van der Waals surface area contributed by atoms with Gasteiger partial charge in [-0.05, 0) is 31.5 Å². The molecule has 1 atom stereocenters. The van der Waals surface area contributed by atoms with Crippen molar-refractivity contribution in [3.05, 3.63) is 23.8 Å². The number of rotatable bonds is 7. The molecular weight excluding hydrogens is 256 g/mol. The van der Waals surface area contributed by atoms with E-state index < -0.39 is 0 Å². The van der Waals surface area contributed by atoms with Crippen LogP contribution in [0.5, 0.6) is 5.75 Å². The quantitative estimate of drug-likeness (QED) is 0.777. The zero-order valence-electron chi connectivity index (χ0n) is 12.7. The third kappa shape index (κ3) is 3.87. The molecule has 0 bridgehead atoms. The van der Waals surface area contributed by atoms with E-state index in [-0.39, 0.29) is 11.9 Å². The number of benzene rings is 1. The molecule has 0 radical (unpaired) electrons. The summed E-state index contributed by atoms with van der Waals surface area (Å²) in [6.07, 6.45) is 0.874. The summed E-state index contributed by atoms with van der Waals surface area (Å²) in [6, 6.07) is 5.24. The molecule has 0 aliphatic carbocycles. The zero-order chi connectivity index (χ0) is 15.1. The first-order valence-corrected chi connectivity index (χ1v) is 6.78. The fraction of sp³-hybridized carbons (Fsp3) is 0.533. The normalized spacial score (nSPS) is 12.0. The third-order valence-electron chi connectivity index (χ3n) is 3.41. The maximum absolute atomic E-state index is 12.7. The minimum atomic E-state index is -0.0900. The summed E-state index contributed by atoms with van der Waals surface area (Å²) in [6.45, 7) is 5.11. The Morgan fingerprint density at radius 2 is 2.10 bits per heavy atom. The minimum absolute atomic E-state index is 0.0900. The maximum Gasteiger partial charge on any atom is 0.256 e. The Labute approximate surface area is 120 Å². The summed E-state index contributed by atoms with van der Waals surface area (Å²) >= 11 is 0. The van der Waals surface area contributed by atoms with Crippen LogP contribution in [0.1, 0.15) is 30.6 Å². The predicted molar refractivity (Wildman–Crippen MR) is 80.1 cm³/mol. The molecule has 5 nitrogen and oxygen atoms in total. The minimum Gasteiger partial charge on any atom is -0.497 e. The van der Waals surface area contributed by atoms with Gasteiger partial charge in [-0.25, -0.2) is 0 Å². The largest absolute Gasteiger partial charge is 0.497 e. The van der Waals surface area contributed by atoms with E-state index in [0.717, 1.165) is 6.42 Å². The average Bonchev–Trinajstić information content (AvgIpc) is 2.47. The molecule has 0 saturated carbocycles. The smallest absolute Gasteiger partial charge is 0.256 e. The highest BCUT2D eigenvalue weighted by Gasteiger charge is 2.22. The second kappa shape index (κ2) is 7.75. The number of amides is 1. The molecule has 0 aromatic heterocycles. The Balaban J connectivity index is 3.04. The number of ether oxygens (including phenoxy) is 2. The Kier molecular flexibility index (Phi) is 6.31. The second-order valence-corrected chi connectivity index (χ2v) is 4.70. The van der Waals surface area contributed by atoms with Gasteiger partial charge in [-0.3, -0.25) is 4.79 Å². The highest BCUT2D eigenvalue weighted by molar-refractivity contribution is 5.99. The van der Waals surface area contributed by atoms with Crippen LogP contribution in [0.15, 0.2) is 18.2 Å². The number of carbonyl (C=O) groups is 1. The maximum atomic E-state index is 12.7. The molecule has 1 aromatic rings. The second-order valence-electron chi connectivity index (χ2n) is 4.70. The fourth-order valence-corrected chi connectivity index (χ4v) is 1.93. The van der Waals surface area contributed by atoms with Crippen LogP contribution in [0, 0.1) is 0 Å². The first-order valence-electron chi connectivity index (χ1n) is 6.78. The van der Waals surface area contributed by atoms with Crippen LogP contribution >= 0.6 is 0 Å². The van der Waals surface area contributed by atoms with Gasteiger partial charge in [-0.1, -0.05) is 6.92 Å². The van der Waals surface area contributed by atoms with Crippen molar-refractivity contribution in [1.29, 1.82) is 0 Å². The number of anilines is 1. The van der Waals surface area contributed by atoms with Gasteiger partial charge in [0.2, 0.25) is 0 Å². The molecule has 1 amide bonds. The van der Waals surface area contributed by atoms with E-state index in [2.05, 4.69) is 0 Å². The first kappa shape index (κ1) is 16.3. The molecule has 0 aliphatic rings. The SMILES string of the molecule is CCC(C)N(CCOC)C(=O)c1cc(OC)ccc1N. The number of methoxy groups -OCH3 is 2. The van der Waals surface area contributed by atoms with Crippen LogP contribution in [0.2, 0.25) is 0 Å². The van der Waals surface area contributed by atoms with Crippen LogP contribution in [0.25, 0.3) is 0 Å². The van der Waals surface area contributed by atoms with Gasteiger partial charge < -0.3 is 20.1 Å². The van der Waals surface area contributed by atoms with Crippen molar-refractivity contribution >= 4 is 11.6 Å². The van der Waals surface area contributed by atoms with Gasteiger partial charge in [0.25, 0.3) is 5.91 Å². The lowest BCUT2D eigenvalue weighted by atomic mass is 10.1. The van der Waals surface area contributed by atoms with Crippen molar-refractivity contribution in [3.63, 3.8) is 0 Å². The van der Waals surface area contributed by atoms with E-state index in [0.29, 0.717) is 30.2 Å². The Morgan fingerprint density at radius 1 is 1.40 bits per heavy atom. The summed E-state index contributed by atoms with van der Waals surface area (Å²) in [5, 5.41) is 0. The summed E-state index contributed by atoms with van der Waals surface area (Å²) in [5.41, 5.74) is 6.85. The predicted octanol–water partition coefficient (Wildman–Crippen LogP) is 2.16. The highest BCUT2D eigenvalue weighted by atomic mass is 16.5. The number of carbonyl (C=O) groups excluding carboxylic acids is 1. The summed E-state index contributed by atoms with van der Waals surface area (Å²) < 4.78 is 10.2. The number of nitrogen functional groups attached to an aromatic ring is 1. The van der Waals surface area contributed by atoms with Gasteiger partial charge in [0.1, 0.15) is 5.75 Å². The van der Waals surface area contributed by atoms with Gasteiger partial charge in [0.05, 0.1) is 19.3 Å². The molecule has 112 valence electrons. The zero-order valence-corrected chi connectivity index (χ0v) is 12.7. The fourth-order valence-electron chi connectivity index (χ4n) is 1.93. The molecule has 1 unspecified atom stereocenters. The summed E-state index contributed by atoms with van der Waals surface area (Å²) in [7, 11) is 3.19. The lowest BCUT2D eigenvalue weighted by Gasteiger charge is -2.29. The molecule has 0 spiro atoms. The average molecular weight is 280 g/mol. The molecule has 1 aromatic carbocycles. The van der Waals surface area contributed by atoms with Crippen LogP contribution in [0.4, 0.5) is 5.69 Å². The first-order chi connectivity index (χ1) is 9.54. The van der Waals surface area contributed by atoms with Crippen LogP contribution in [-0.2, 0) is 4.74 Å². The van der Waals surface area contributed by atoms with E-state index in [1.165, 1.54) is 0 Å². The third-order valence-corrected chi connectivity index (χ3v) is 3.41. The van der Waals surface area contributed by atoms with E-state index >= 15 is 0 Å². The van der Waals surface area contributed by atoms with Crippen molar-refractivity contribution in [2.75, 3.05) is 33.1 Å². The van der Waals surface area contributed by atoms with E-state index in [9.17, 15) is 4.79 Å². The molecule has 5 heteroatoms. The number of hydrogen-bond donors (Lipinski definition) is 1. The molecular formula is C15H24N2O3. The van der Waals surface area contributed by atoms with Gasteiger partial charge in [-0.15, -0.1) is 0 Å². The molecule has 20 heavy (non-hydrogen) atoms. The van der Waals surface area contributed by atoms with Crippen LogP contribution < -0.4 is 10.5 Å². The lowest BCUT2D eigenvalue weighted by molar-refractivity contribution is 0.0614. The monoisotopic (exact) mass is 280 g/mol. The van der Waals surface area contributed by atoms with Gasteiger partial charge >= 0.3 is 0 Å². The van der Waals surface area contributed by atoms with Gasteiger partial charge in [0.15, 0.2) is 0 Å². The number of nitrogens with zero attached hydrogens (tertiary/aromatic N) is 1. The Bertz CT molecular complexity index is 449. The summed E-state index contributed by atoms with van der Waals surface area (Å²) in [4.78, 5) is 14.5. The highest BCUT2D eigenvalue weighted by Crippen LogP contribution is 2.22. The topological polar surface area (TPSA) is 64.8 Å². The van der Waals surface area contributed by atoms with Crippen molar-refractivity contribution in [2.24, 2.45) is 0 Å². The van der Waals surface area contributed by atoms with Gasteiger partial charge in [-0.2, -0.15) is 0 Å². The molecule has 1 rings (SSSR count). The molecule has 0 saturated heterocycles. The van der Waals surface area contributed by atoms with Crippen molar-refractivity contribution in [2.45, 2.75) is 26.3 Å². The standard InChI is InChI=1S/C15H24N2O3/c1-5-11(2)17(8-9-19-3)15(18)13-10-12(20-4)6-7-14(13)16/h6-7,10-11H,5,8-9,16H2,1-4H3. The number of hydrogen-bond acceptors (Lipinski definition) is 4. The van der Waals surface area contributed by atoms with E-state index in [1.807, 2.05) is 13.8 Å². The van der Waals surface area contributed by atoms with E-state index in [4.69, 9.17) is 15.2 Å². The van der Waals surface area contributed by atoms with Gasteiger partial charge in [0, 0.05) is 25.4 Å². The van der Waals surface area contributed by atoms with Crippen LogP contribution in [-0.4, -0.2) is 44.2 Å². The molecule has 0 heterocycles. The Hall–Kier alpha value is -1.75. The summed E-state index contributed by atoms with van der Waals surface area (Å²) in [5.74, 6) is 0.534. The molecule has 2 N–H and O–H groups in total. The lowest BCUT2D eigenvalue weighted by Crippen LogP contribution is -2.40. The van der Waals surface area contributed by atoms with Crippen molar-refractivity contribution in [3.8, 4) is 5.75 Å². The molecule has 0 fully saturated rings.